The van der Waals surface area contributed by atoms with E-state index in [4.69, 9.17) is 10.00 Å². The first-order valence-electron chi connectivity index (χ1n) is 5.44. The number of rotatable bonds is 3. The lowest BCUT2D eigenvalue weighted by Gasteiger charge is -2.09. The van der Waals surface area contributed by atoms with Gasteiger partial charge in [-0.25, -0.2) is 8.78 Å². The number of nitrogens with one attached hydrogen (secondary N) is 1. The van der Waals surface area contributed by atoms with Gasteiger partial charge in [-0.15, -0.1) is 0 Å². The van der Waals surface area contributed by atoms with Crippen molar-refractivity contribution in [3.63, 3.8) is 0 Å². The van der Waals surface area contributed by atoms with Crippen molar-refractivity contribution in [1.82, 2.24) is 0 Å². The minimum absolute atomic E-state index is 0.0686. The molecule has 2 rings (SSSR count). The van der Waals surface area contributed by atoms with E-state index in [9.17, 15) is 8.78 Å². The van der Waals surface area contributed by atoms with Gasteiger partial charge in [0.15, 0.2) is 11.6 Å². The predicted octanol–water partition coefficient (Wildman–Crippen LogP) is 3.59. The second kappa shape index (κ2) is 5.36. The van der Waals surface area contributed by atoms with Crippen LogP contribution in [0.15, 0.2) is 36.4 Å². The summed E-state index contributed by atoms with van der Waals surface area (Å²) in [6, 6.07) is 10.0. The van der Waals surface area contributed by atoms with Gasteiger partial charge in [-0.05, 0) is 30.3 Å². The first-order chi connectivity index (χ1) is 9.13. The Bertz CT molecular complexity index is 650. The van der Waals surface area contributed by atoms with Gasteiger partial charge in [0.2, 0.25) is 0 Å². The molecule has 3 nitrogen and oxygen atoms in total. The topological polar surface area (TPSA) is 45.0 Å². The molecule has 0 heterocycles. The van der Waals surface area contributed by atoms with E-state index < -0.39 is 11.6 Å². The monoisotopic (exact) mass is 260 g/mol. The van der Waals surface area contributed by atoms with E-state index in [0.717, 1.165) is 6.07 Å². The molecule has 0 bridgehead atoms. The van der Waals surface area contributed by atoms with Crippen LogP contribution in [-0.4, -0.2) is 7.11 Å². The minimum atomic E-state index is -0.553. The van der Waals surface area contributed by atoms with Crippen molar-refractivity contribution < 1.29 is 13.5 Å². The van der Waals surface area contributed by atoms with E-state index in [1.807, 2.05) is 6.07 Å². The first-order valence-corrected chi connectivity index (χ1v) is 5.44. The smallest absolute Gasteiger partial charge is 0.165 e. The summed E-state index contributed by atoms with van der Waals surface area (Å²) in [6.07, 6.45) is 0. The normalized spacial score (nSPS) is 9.79. The molecule has 0 aliphatic rings. The number of nitriles is 1. The fraction of sp³-hybridized carbons (Fsp3) is 0.0714. The van der Waals surface area contributed by atoms with Gasteiger partial charge in [-0.1, -0.05) is 0 Å². The number of benzene rings is 2. The molecule has 96 valence electrons. The summed E-state index contributed by atoms with van der Waals surface area (Å²) >= 11 is 0. The zero-order valence-electron chi connectivity index (χ0n) is 10.1. The summed E-state index contributed by atoms with van der Waals surface area (Å²) in [5.41, 5.74) is 0.925. The zero-order valence-corrected chi connectivity index (χ0v) is 10.1. The average Bonchev–Trinajstić information content (AvgIpc) is 2.43. The van der Waals surface area contributed by atoms with Crippen molar-refractivity contribution >= 4 is 11.4 Å². The van der Waals surface area contributed by atoms with Gasteiger partial charge >= 0.3 is 0 Å². The largest absolute Gasteiger partial charge is 0.494 e. The van der Waals surface area contributed by atoms with E-state index in [1.165, 1.54) is 37.4 Å². The van der Waals surface area contributed by atoms with Crippen LogP contribution in [0.1, 0.15) is 5.56 Å². The molecule has 0 aliphatic carbocycles. The maximum atomic E-state index is 13.7. The zero-order chi connectivity index (χ0) is 13.8. The van der Waals surface area contributed by atoms with Crippen LogP contribution in [0.5, 0.6) is 5.75 Å². The summed E-state index contributed by atoms with van der Waals surface area (Å²) in [5.74, 6) is -0.977. The van der Waals surface area contributed by atoms with E-state index in [-0.39, 0.29) is 17.0 Å². The van der Waals surface area contributed by atoms with Crippen LogP contribution >= 0.6 is 0 Å². The van der Waals surface area contributed by atoms with Crippen LogP contribution in [0.3, 0.4) is 0 Å². The number of hydrogen-bond donors (Lipinski definition) is 1. The molecule has 0 spiro atoms. The second-order valence-corrected chi connectivity index (χ2v) is 3.78. The molecule has 2 aromatic carbocycles. The average molecular weight is 260 g/mol. The summed E-state index contributed by atoms with van der Waals surface area (Å²) in [6.45, 7) is 0. The molecule has 0 amide bonds. The lowest BCUT2D eigenvalue weighted by Crippen LogP contribution is -1.96. The molecule has 0 aromatic heterocycles. The van der Waals surface area contributed by atoms with Crippen LogP contribution in [-0.2, 0) is 0 Å². The lowest BCUT2D eigenvalue weighted by atomic mass is 10.2. The summed E-state index contributed by atoms with van der Waals surface area (Å²) in [4.78, 5) is 0. The molecule has 1 N–H and O–H groups in total. The van der Waals surface area contributed by atoms with Crippen molar-refractivity contribution in [3.05, 3.63) is 53.6 Å². The number of anilines is 2. The van der Waals surface area contributed by atoms with Crippen LogP contribution in [0.2, 0.25) is 0 Å². The van der Waals surface area contributed by atoms with Gasteiger partial charge in [0.1, 0.15) is 5.82 Å². The van der Waals surface area contributed by atoms with Gasteiger partial charge in [-0.3, -0.25) is 0 Å². The SMILES string of the molecule is COc1cc(Nc2ccc(C#N)cc2F)ccc1F. The standard InChI is InChI=1S/C14H10F2N2O/c1-19-14-7-10(3-4-11(14)15)18-13-5-2-9(8-17)6-12(13)16/h2-7,18H,1H3. The third kappa shape index (κ3) is 2.80. The predicted molar refractivity (Wildman–Crippen MR) is 67.3 cm³/mol. The maximum Gasteiger partial charge on any atom is 0.165 e. The highest BCUT2D eigenvalue weighted by molar-refractivity contribution is 5.62. The Balaban J connectivity index is 2.29. The van der Waals surface area contributed by atoms with Crippen LogP contribution < -0.4 is 10.1 Å². The van der Waals surface area contributed by atoms with E-state index >= 15 is 0 Å². The van der Waals surface area contributed by atoms with Crippen LogP contribution in [0.4, 0.5) is 20.2 Å². The number of halogens is 2. The molecule has 19 heavy (non-hydrogen) atoms. The molecule has 0 saturated carbocycles. The van der Waals surface area contributed by atoms with E-state index in [1.54, 1.807) is 0 Å². The highest BCUT2D eigenvalue weighted by Crippen LogP contribution is 2.25. The molecule has 0 radical (unpaired) electrons. The van der Waals surface area contributed by atoms with Gasteiger partial charge in [0.25, 0.3) is 0 Å². The lowest BCUT2D eigenvalue weighted by molar-refractivity contribution is 0.387. The number of methoxy groups -OCH3 is 1. The van der Waals surface area contributed by atoms with Crippen molar-refractivity contribution in [1.29, 1.82) is 5.26 Å². The van der Waals surface area contributed by atoms with E-state index in [0.29, 0.717) is 5.69 Å². The molecule has 0 atom stereocenters. The Morgan fingerprint density at radius 3 is 2.53 bits per heavy atom. The van der Waals surface area contributed by atoms with E-state index in [2.05, 4.69) is 5.32 Å². The molecule has 0 unspecified atom stereocenters. The summed E-state index contributed by atoms with van der Waals surface area (Å²) in [7, 11) is 1.35. The van der Waals surface area contributed by atoms with Gasteiger partial charge in [0.05, 0.1) is 24.4 Å². The minimum Gasteiger partial charge on any atom is -0.494 e. The maximum absolute atomic E-state index is 13.7. The fourth-order valence-corrected chi connectivity index (χ4v) is 1.58. The molecule has 0 saturated heterocycles. The van der Waals surface area contributed by atoms with Crippen molar-refractivity contribution in [2.24, 2.45) is 0 Å². The quantitative estimate of drug-likeness (QED) is 0.917. The Kier molecular flexibility index (Phi) is 3.62. The van der Waals surface area contributed by atoms with Gasteiger partial charge in [-0.2, -0.15) is 5.26 Å². The van der Waals surface area contributed by atoms with Crippen molar-refractivity contribution in [2.75, 3.05) is 12.4 Å². The third-order valence-electron chi connectivity index (χ3n) is 2.53. The number of ether oxygens (including phenoxy) is 1. The summed E-state index contributed by atoms with van der Waals surface area (Å²) in [5, 5.41) is 11.4. The highest BCUT2D eigenvalue weighted by atomic mass is 19.1. The molecule has 5 heteroatoms. The summed E-state index contributed by atoms with van der Waals surface area (Å²) < 4.78 is 31.7. The Morgan fingerprint density at radius 1 is 1.11 bits per heavy atom. The molecule has 0 aliphatic heterocycles. The van der Waals surface area contributed by atoms with Gasteiger partial charge < -0.3 is 10.1 Å². The fourth-order valence-electron chi connectivity index (χ4n) is 1.58. The number of hydrogen-bond acceptors (Lipinski definition) is 3. The molecule has 2 aromatic rings. The Labute approximate surface area is 109 Å². The van der Waals surface area contributed by atoms with Crippen molar-refractivity contribution in [3.8, 4) is 11.8 Å². The van der Waals surface area contributed by atoms with Crippen LogP contribution in [0.25, 0.3) is 0 Å². The first kappa shape index (κ1) is 12.8. The highest BCUT2D eigenvalue weighted by Gasteiger charge is 2.07. The van der Waals surface area contributed by atoms with Crippen molar-refractivity contribution in [2.45, 2.75) is 0 Å². The molecular formula is C14H10F2N2O. The van der Waals surface area contributed by atoms with Gasteiger partial charge in [0, 0.05) is 11.8 Å². The second-order valence-electron chi connectivity index (χ2n) is 3.78. The molecule has 0 fully saturated rings. The Morgan fingerprint density at radius 2 is 1.89 bits per heavy atom. The number of nitrogens with zero attached hydrogens (tertiary/aromatic N) is 1. The Hall–Kier alpha value is -2.61. The van der Waals surface area contributed by atoms with Crippen LogP contribution in [0, 0.1) is 23.0 Å². The third-order valence-corrected chi connectivity index (χ3v) is 2.53. The molecular weight excluding hydrogens is 250 g/mol.